The SMILES string of the molecule is NC1CCC2CN(C(=O)[C@@H]3CSC(=O)N3)CC12. The van der Waals surface area contributed by atoms with Crippen LogP contribution in [0.5, 0.6) is 0 Å². The van der Waals surface area contributed by atoms with Gasteiger partial charge in [0, 0.05) is 24.9 Å². The molecule has 2 saturated heterocycles. The first-order valence-corrected chi connectivity index (χ1v) is 7.11. The highest BCUT2D eigenvalue weighted by molar-refractivity contribution is 8.14. The number of hydrogen-bond acceptors (Lipinski definition) is 4. The van der Waals surface area contributed by atoms with Gasteiger partial charge in [0.15, 0.2) is 0 Å². The van der Waals surface area contributed by atoms with Gasteiger partial charge in [-0.1, -0.05) is 11.8 Å². The second kappa shape index (κ2) is 4.17. The van der Waals surface area contributed by atoms with E-state index < -0.39 is 0 Å². The summed E-state index contributed by atoms with van der Waals surface area (Å²) >= 11 is 1.19. The van der Waals surface area contributed by atoms with Crippen molar-refractivity contribution in [2.45, 2.75) is 24.9 Å². The lowest BCUT2D eigenvalue weighted by atomic mass is 9.98. The Hall–Kier alpha value is -0.750. The number of thioether (sulfide) groups is 1. The average Bonchev–Trinajstić information content (AvgIpc) is 2.96. The molecule has 2 aliphatic heterocycles. The zero-order chi connectivity index (χ0) is 12.0. The number of hydrogen-bond donors (Lipinski definition) is 2. The topological polar surface area (TPSA) is 75.4 Å². The number of nitrogens with one attached hydrogen (secondary N) is 1. The molecule has 2 amide bonds. The Morgan fingerprint density at radius 2 is 2.24 bits per heavy atom. The van der Waals surface area contributed by atoms with Crippen LogP contribution in [0.15, 0.2) is 0 Å². The number of likely N-dealkylation sites (tertiary alicyclic amines) is 1. The minimum atomic E-state index is -0.317. The van der Waals surface area contributed by atoms with Crippen molar-refractivity contribution in [2.75, 3.05) is 18.8 Å². The fraction of sp³-hybridized carbons (Fsp3) is 0.818. The molecule has 1 aliphatic carbocycles. The fourth-order valence-corrected chi connectivity index (χ4v) is 4.00. The van der Waals surface area contributed by atoms with Gasteiger partial charge >= 0.3 is 0 Å². The van der Waals surface area contributed by atoms with Crippen molar-refractivity contribution < 1.29 is 9.59 Å². The van der Waals surface area contributed by atoms with Crippen LogP contribution in [0.1, 0.15) is 12.8 Å². The van der Waals surface area contributed by atoms with Gasteiger partial charge in [0.25, 0.3) is 5.24 Å². The van der Waals surface area contributed by atoms with E-state index in [0.717, 1.165) is 25.9 Å². The third-order valence-electron chi connectivity index (χ3n) is 4.20. The third kappa shape index (κ3) is 1.93. The van der Waals surface area contributed by atoms with E-state index in [1.807, 2.05) is 4.90 Å². The molecule has 0 bridgehead atoms. The predicted octanol–water partition coefficient (Wildman–Crippen LogP) is 0.00710. The fourth-order valence-electron chi connectivity index (χ4n) is 3.23. The van der Waals surface area contributed by atoms with E-state index in [4.69, 9.17) is 5.73 Å². The second-order valence-electron chi connectivity index (χ2n) is 5.20. The first kappa shape index (κ1) is 11.3. The monoisotopic (exact) mass is 255 g/mol. The summed E-state index contributed by atoms with van der Waals surface area (Å²) in [6.07, 6.45) is 2.23. The van der Waals surface area contributed by atoms with Crippen LogP contribution in [0.3, 0.4) is 0 Å². The lowest BCUT2D eigenvalue weighted by Gasteiger charge is -2.21. The highest BCUT2D eigenvalue weighted by atomic mass is 32.2. The molecular formula is C11H17N3O2S. The number of nitrogens with two attached hydrogens (primary N) is 1. The number of amides is 2. The van der Waals surface area contributed by atoms with E-state index >= 15 is 0 Å². The number of nitrogens with zero attached hydrogens (tertiary/aromatic N) is 1. The number of fused-ring (bicyclic) bond motifs is 1. The van der Waals surface area contributed by atoms with Gasteiger partial charge in [-0.2, -0.15) is 0 Å². The Labute approximate surface area is 104 Å². The first-order valence-electron chi connectivity index (χ1n) is 6.13. The summed E-state index contributed by atoms with van der Waals surface area (Å²) in [6, 6.07) is -0.0621. The van der Waals surface area contributed by atoms with E-state index in [1.54, 1.807) is 0 Å². The van der Waals surface area contributed by atoms with Crippen molar-refractivity contribution >= 4 is 22.9 Å². The van der Waals surface area contributed by atoms with Crippen LogP contribution in [0.4, 0.5) is 4.79 Å². The molecule has 0 aromatic heterocycles. The van der Waals surface area contributed by atoms with Crippen LogP contribution in [0, 0.1) is 11.8 Å². The Morgan fingerprint density at radius 1 is 1.41 bits per heavy atom. The summed E-state index contributed by atoms with van der Waals surface area (Å²) in [5, 5.41) is 2.63. The van der Waals surface area contributed by atoms with E-state index in [1.165, 1.54) is 11.8 Å². The minimum Gasteiger partial charge on any atom is -0.340 e. The molecule has 3 fully saturated rings. The molecule has 0 aromatic rings. The summed E-state index contributed by atoms with van der Waals surface area (Å²) in [7, 11) is 0. The minimum absolute atomic E-state index is 0.0740. The van der Waals surface area contributed by atoms with Crippen molar-refractivity contribution in [1.29, 1.82) is 0 Å². The van der Waals surface area contributed by atoms with E-state index in [0.29, 0.717) is 17.6 Å². The Morgan fingerprint density at radius 3 is 2.88 bits per heavy atom. The molecule has 1 saturated carbocycles. The van der Waals surface area contributed by atoms with E-state index in [2.05, 4.69) is 5.32 Å². The van der Waals surface area contributed by atoms with Crippen molar-refractivity contribution in [3.63, 3.8) is 0 Å². The Bertz CT molecular complexity index is 363. The lowest BCUT2D eigenvalue weighted by molar-refractivity contribution is -0.131. The number of rotatable bonds is 1. The maximum absolute atomic E-state index is 12.2. The summed E-state index contributed by atoms with van der Waals surface area (Å²) < 4.78 is 0. The maximum Gasteiger partial charge on any atom is 0.279 e. The molecule has 3 unspecified atom stereocenters. The van der Waals surface area contributed by atoms with E-state index in [-0.39, 0.29) is 23.2 Å². The maximum atomic E-state index is 12.2. The molecule has 0 aromatic carbocycles. The quantitative estimate of drug-likeness (QED) is 0.692. The third-order valence-corrected chi connectivity index (χ3v) is 5.08. The van der Waals surface area contributed by atoms with Gasteiger partial charge in [-0.3, -0.25) is 9.59 Å². The van der Waals surface area contributed by atoms with Crippen LogP contribution >= 0.6 is 11.8 Å². The molecule has 0 spiro atoms. The van der Waals surface area contributed by atoms with Crippen LogP contribution in [-0.2, 0) is 4.79 Å². The molecule has 3 aliphatic rings. The van der Waals surface area contributed by atoms with Crippen LogP contribution < -0.4 is 11.1 Å². The lowest BCUT2D eigenvalue weighted by Crippen LogP contribution is -2.45. The zero-order valence-corrected chi connectivity index (χ0v) is 10.4. The van der Waals surface area contributed by atoms with Gasteiger partial charge in [-0.15, -0.1) is 0 Å². The van der Waals surface area contributed by atoms with Crippen LogP contribution in [-0.4, -0.2) is 47.0 Å². The molecule has 2 heterocycles. The van der Waals surface area contributed by atoms with Gasteiger partial charge in [-0.05, 0) is 24.7 Å². The van der Waals surface area contributed by atoms with Crippen LogP contribution in [0.2, 0.25) is 0 Å². The molecule has 94 valence electrons. The average molecular weight is 255 g/mol. The Kier molecular flexibility index (Phi) is 2.78. The van der Waals surface area contributed by atoms with Gasteiger partial charge < -0.3 is 16.0 Å². The van der Waals surface area contributed by atoms with Gasteiger partial charge in [-0.25, -0.2) is 0 Å². The standard InChI is InChI=1S/C11H17N3O2S/c12-8-2-1-6-3-14(4-7(6)8)10(15)9-5-17-11(16)13-9/h6-9H,1-5,12H2,(H,13,16)/t6?,7?,8?,9-/m0/s1. The number of carbonyl (C=O) groups excluding carboxylic acids is 2. The summed E-state index contributed by atoms with van der Waals surface area (Å²) in [5.41, 5.74) is 6.05. The molecule has 3 rings (SSSR count). The summed E-state index contributed by atoms with van der Waals surface area (Å²) in [4.78, 5) is 25.2. The zero-order valence-electron chi connectivity index (χ0n) is 9.59. The van der Waals surface area contributed by atoms with Crippen molar-refractivity contribution in [3.8, 4) is 0 Å². The summed E-state index contributed by atoms with van der Waals surface area (Å²) in [6.45, 7) is 1.61. The molecule has 17 heavy (non-hydrogen) atoms. The van der Waals surface area contributed by atoms with E-state index in [9.17, 15) is 9.59 Å². The van der Waals surface area contributed by atoms with Crippen molar-refractivity contribution in [1.82, 2.24) is 10.2 Å². The van der Waals surface area contributed by atoms with Crippen molar-refractivity contribution in [2.24, 2.45) is 17.6 Å². The second-order valence-corrected chi connectivity index (χ2v) is 6.20. The van der Waals surface area contributed by atoms with Crippen LogP contribution in [0.25, 0.3) is 0 Å². The molecular weight excluding hydrogens is 238 g/mol. The van der Waals surface area contributed by atoms with Gasteiger partial charge in [0.2, 0.25) is 5.91 Å². The molecule has 5 nitrogen and oxygen atoms in total. The summed E-state index contributed by atoms with van der Waals surface area (Å²) in [5.74, 6) is 1.70. The molecule has 6 heteroatoms. The predicted molar refractivity (Wildman–Crippen MR) is 65.5 cm³/mol. The van der Waals surface area contributed by atoms with Crippen molar-refractivity contribution in [3.05, 3.63) is 0 Å². The molecule has 4 atom stereocenters. The first-order chi connectivity index (χ1) is 8.15. The molecule has 0 radical (unpaired) electrons. The highest BCUT2D eigenvalue weighted by Gasteiger charge is 2.44. The normalized spacial score (nSPS) is 40.5. The Balaban J connectivity index is 1.63. The highest BCUT2D eigenvalue weighted by Crippen LogP contribution is 2.37. The largest absolute Gasteiger partial charge is 0.340 e. The van der Waals surface area contributed by atoms with Gasteiger partial charge in [0.1, 0.15) is 6.04 Å². The number of carbonyl (C=O) groups is 2. The van der Waals surface area contributed by atoms with Gasteiger partial charge in [0.05, 0.1) is 0 Å². The molecule has 3 N–H and O–H groups in total. The smallest absolute Gasteiger partial charge is 0.279 e.